The molecule has 1 amide bonds. The van der Waals surface area contributed by atoms with Crippen LogP contribution in [0.15, 0.2) is 66.1 Å². The maximum Gasteiger partial charge on any atom is 0.234 e. The Kier molecular flexibility index (Phi) is 5.63. The van der Waals surface area contributed by atoms with Gasteiger partial charge in [0.1, 0.15) is 5.75 Å². The number of hydrogen-bond donors (Lipinski definition) is 1. The molecular formula is C18H16ClN3O2S. The Morgan fingerprint density at radius 1 is 1.28 bits per heavy atom. The molecule has 0 radical (unpaired) electrons. The summed E-state index contributed by atoms with van der Waals surface area (Å²) < 4.78 is 7.10. The van der Waals surface area contributed by atoms with Gasteiger partial charge in [-0.1, -0.05) is 29.4 Å². The van der Waals surface area contributed by atoms with Gasteiger partial charge in [0, 0.05) is 28.8 Å². The molecule has 0 unspecified atom stereocenters. The van der Waals surface area contributed by atoms with Crippen LogP contribution in [0.1, 0.15) is 0 Å². The van der Waals surface area contributed by atoms with Crippen molar-refractivity contribution in [2.24, 2.45) is 0 Å². The molecule has 0 fully saturated rings. The maximum absolute atomic E-state index is 12.1. The predicted molar refractivity (Wildman–Crippen MR) is 101 cm³/mol. The molecule has 5 nitrogen and oxygen atoms in total. The summed E-state index contributed by atoms with van der Waals surface area (Å²) in [4.78, 5) is 16.4. The van der Waals surface area contributed by atoms with Crippen molar-refractivity contribution in [3.8, 4) is 11.4 Å². The number of methoxy groups -OCH3 is 1. The number of anilines is 1. The fourth-order valence-electron chi connectivity index (χ4n) is 2.23. The zero-order valence-corrected chi connectivity index (χ0v) is 15.1. The van der Waals surface area contributed by atoms with Crippen LogP contribution < -0.4 is 10.1 Å². The number of carbonyl (C=O) groups excluding carboxylic acids is 1. The summed E-state index contributed by atoms with van der Waals surface area (Å²) in [6.07, 6.45) is 3.57. The number of nitrogens with zero attached hydrogens (tertiary/aromatic N) is 2. The summed E-state index contributed by atoms with van der Waals surface area (Å²) >= 11 is 7.28. The molecule has 0 bridgehead atoms. The number of thioether (sulfide) groups is 1. The molecule has 3 aromatic rings. The zero-order valence-electron chi connectivity index (χ0n) is 13.5. The fraction of sp³-hybridized carbons (Fsp3) is 0.111. The van der Waals surface area contributed by atoms with Crippen molar-refractivity contribution in [3.63, 3.8) is 0 Å². The Morgan fingerprint density at radius 3 is 2.80 bits per heavy atom. The van der Waals surface area contributed by atoms with E-state index in [-0.39, 0.29) is 11.7 Å². The molecule has 1 N–H and O–H groups in total. The van der Waals surface area contributed by atoms with Crippen LogP contribution in [-0.2, 0) is 4.79 Å². The van der Waals surface area contributed by atoms with Crippen molar-refractivity contribution in [1.82, 2.24) is 9.55 Å². The predicted octanol–water partition coefficient (Wildman–Crippen LogP) is 4.27. The SMILES string of the molecule is COc1ccc(-n2ccnc2SCC(=O)Nc2cccc(Cl)c2)cc1. The number of hydrogen-bond acceptors (Lipinski definition) is 4. The standard InChI is InChI=1S/C18H16ClN3O2S/c1-24-16-7-5-15(6-8-16)22-10-9-20-18(22)25-12-17(23)21-14-4-2-3-13(19)11-14/h2-11H,12H2,1H3,(H,21,23). The smallest absolute Gasteiger partial charge is 0.234 e. The van der Waals surface area contributed by atoms with Gasteiger partial charge in [-0.25, -0.2) is 4.98 Å². The highest BCUT2D eigenvalue weighted by molar-refractivity contribution is 7.99. The van der Waals surface area contributed by atoms with E-state index < -0.39 is 0 Å². The van der Waals surface area contributed by atoms with Crippen LogP contribution in [0.4, 0.5) is 5.69 Å². The number of nitrogens with one attached hydrogen (secondary N) is 1. The number of halogens is 1. The second kappa shape index (κ2) is 8.09. The number of rotatable bonds is 6. The third-order valence-corrected chi connectivity index (χ3v) is 4.60. The largest absolute Gasteiger partial charge is 0.497 e. The first-order chi connectivity index (χ1) is 12.2. The summed E-state index contributed by atoms with van der Waals surface area (Å²) in [5.41, 5.74) is 1.63. The third-order valence-electron chi connectivity index (χ3n) is 3.40. The van der Waals surface area contributed by atoms with Crippen molar-refractivity contribution in [1.29, 1.82) is 0 Å². The van der Waals surface area contributed by atoms with Gasteiger partial charge in [0.2, 0.25) is 5.91 Å². The lowest BCUT2D eigenvalue weighted by molar-refractivity contribution is -0.113. The van der Waals surface area contributed by atoms with Crippen LogP contribution in [-0.4, -0.2) is 28.3 Å². The number of aromatic nitrogens is 2. The molecule has 0 saturated carbocycles. The van der Waals surface area contributed by atoms with Crippen LogP contribution in [0.25, 0.3) is 5.69 Å². The van der Waals surface area contributed by atoms with Gasteiger partial charge >= 0.3 is 0 Å². The quantitative estimate of drug-likeness (QED) is 0.656. The summed E-state index contributed by atoms with van der Waals surface area (Å²) in [6.45, 7) is 0. The first-order valence-electron chi connectivity index (χ1n) is 7.52. The Hall–Kier alpha value is -2.44. The Bertz CT molecular complexity index is 865. The molecule has 0 spiro atoms. The molecule has 1 heterocycles. The molecule has 25 heavy (non-hydrogen) atoms. The van der Waals surface area contributed by atoms with Gasteiger partial charge < -0.3 is 10.1 Å². The van der Waals surface area contributed by atoms with E-state index in [1.165, 1.54) is 11.8 Å². The van der Waals surface area contributed by atoms with Crippen molar-refractivity contribution in [2.45, 2.75) is 5.16 Å². The fourth-order valence-corrected chi connectivity index (χ4v) is 3.19. The van der Waals surface area contributed by atoms with E-state index in [9.17, 15) is 4.79 Å². The first kappa shape index (κ1) is 17.4. The minimum absolute atomic E-state index is 0.114. The number of amides is 1. The molecule has 0 aliphatic carbocycles. The normalized spacial score (nSPS) is 10.5. The van der Waals surface area contributed by atoms with Crippen LogP contribution in [0.2, 0.25) is 5.02 Å². The number of imidazole rings is 1. The Morgan fingerprint density at radius 2 is 2.08 bits per heavy atom. The summed E-state index contributed by atoms with van der Waals surface area (Å²) in [5, 5.41) is 4.15. The average Bonchev–Trinajstić information content (AvgIpc) is 3.08. The lowest BCUT2D eigenvalue weighted by Crippen LogP contribution is -2.14. The molecular weight excluding hydrogens is 358 g/mol. The van der Waals surface area contributed by atoms with Crippen LogP contribution in [0.5, 0.6) is 5.75 Å². The topological polar surface area (TPSA) is 56.2 Å². The molecule has 0 atom stereocenters. The highest BCUT2D eigenvalue weighted by atomic mass is 35.5. The zero-order chi connectivity index (χ0) is 17.6. The maximum atomic E-state index is 12.1. The second-order valence-corrected chi connectivity index (χ2v) is 6.50. The van der Waals surface area contributed by atoms with Gasteiger partial charge in [-0.2, -0.15) is 0 Å². The van der Waals surface area contributed by atoms with Crippen LogP contribution >= 0.6 is 23.4 Å². The Balaban J connectivity index is 1.64. The van der Waals surface area contributed by atoms with E-state index in [0.717, 1.165) is 16.6 Å². The molecule has 1 aromatic heterocycles. The van der Waals surface area contributed by atoms with E-state index in [4.69, 9.17) is 16.3 Å². The highest BCUT2D eigenvalue weighted by Crippen LogP contribution is 2.22. The minimum atomic E-state index is -0.114. The number of benzene rings is 2. The second-order valence-electron chi connectivity index (χ2n) is 5.13. The first-order valence-corrected chi connectivity index (χ1v) is 8.88. The minimum Gasteiger partial charge on any atom is -0.497 e. The number of ether oxygens (including phenoxy) is 1. The van der Waals surface area contributed by atoms with Crippen LogP contribution in [0, 0.1) is 0 Å². The van der Waals surface area contributed by atoms with E-state index in [1.807, 2.05) is 35.0 Å². The summed E-state index contributed by atoms with van der Waals surface area (Å²) in [5.74, 6) is 0.926. The van der Waals surface area contributed by atoms with Gasteiger partial charge in [0.15, 0.2) is 5.16 Å². The Labute approximate surface area is 155 Å². The van der Waals surface area contributed by atoms with E-state index in [0.29, 0.717) is 10.7 Å². The van der Waals surface area contributed by atoms with Gasteiger partial charge in [0.05, 0.1) is 12.9 Å². The van der Waals surface area contributed by atoms with Crippen LogP contribution in [0.3, 0.4) is 0 Å². The number of carbonyl (C=O) groups is 1. The van der Waals surface area contributed by atoms with Gasteiger partial charge in [-0.05, 0) is 42.5 Å². The third kappa shape index (κ3) is 4.55. The lowest BCUT2D eigenvalue weighted by atomic mass is 10.3. The molecule has 0 saturated heterocycles. The van der Waals surface area contributed by atoms with E-state index >= 15 is 0 Å². The molecule has 0 aliphatic rings. The van der Waals surface area contributed by atoms with Crippen molar-refractivity contribution < 1.29 is 9.53 Å². The van der Waals surface area contributed by atoms with Gasteiger partial charge in [0.25, 0.3) is 0 Å². The average molecular weight is 374 g/mol. The lowest BCUT2D eigenvalue weighted by Gasteiger charge is -2.09. The van der Waals surface area contributed by atoms with Gasteiger partial charge in [-0.3, -0.25) is 9.36 Å². The molecule has 3 rings (SSSR count). The van der Waals surface area contributed by atoms with Gasteiger partial charge in [-0.15, -0.1) is 0 Å². The van der Waals surface area contributed by atoms with Crippen molar-refractivity contribution in [3.05, 3.63) is 65.9 Å². The van der Waals surface area contributed by atoms with Crippen molar-refractivity contribution in [2.75, 3.05) is 18.2 Å². The molecule has 0 aliphatic heterocycles. The molecule has 7 heteroatoms. The highest BCUT2D eigenvalue weighted by Gasteiger charge is 2.10. The molecule has 2 aromatic carbocycles. The van der Waals surface area contributed by atoms with E-state index in [1.54, 1.807) is 37.6 Å². The van der Waals surface area contributed by atoms with Crippen molar-refractivity contribution >= 4 is 35.0 Å². The molecule has 128 valence electrons. The summed E-state index contributed by atoms with van der Waals surface area (Å²) in [6, 6.07) is 14.7. The summed E-state index contributed by atoms with van der Waals surface area (Å²) in [7, 11) is 1.63. The monoisotopic (exact) mass is 373 g/mol. The van der Waals surface area contributed by atoms with E-state index in [2.05, 4.69) is 10.3 Å².